The van der Waals surface area contributed by atoms with E-state index in [1.165, 1.54) is 0 Å². The van der Waals surface area contributed by atoms with Gasteiger partial charge in [-0.25, -0.2) is 9.79 Å². The third-order valence-corrected chi connectivity index (χ3v) is 4.35. The number of rotatable bonds is 5. The SMILES string of the molecule is COc1cc(/C=C2\N=C(c3ccccc3)OC2=O)cc(I)c1OC(C)C. The van der Waals surface area contributed by atoms with E-state index in [0.29, 0.717) is 17.4 Å². The van der Waals surface area contributed by atoms with Crippen molar-refractivity contribution in [2.75, 3.05) is 7.11 Å². The van der Waals surface area contributed by atoms with Crippen LogP contribution in [0.25, 0.3) is 6.08 Å². The molecule has 2 aromatic rings. The van der Waals surface area contributed by atoms with Crippen LogP contribution in [-0.4, -0.2) is 25.1 Å². The van der Waals surface area contributed by atoms with Gasteiger partial charge in [0, 0.05) is 5.56 Å². The third kappa shape index (κ3) is 4.07. The average Bonchev–Trinajstić information content (AvgIpc) is 2.98. The minimum atomic E-state index is -0.472. The van der Waals surface area contributed by atoms with Crippen LogP contribution in [0.3, 0.4) is 0 Å². The molecule has 1 aliphatic rings. The predicted molar refractivity (Wildman–Crippen MR) is 109 cm³/mol. The van der Waals surface area contributed by atoms with Gasteiger partial charge in [0.1, 0.15) is 0 Å². The molecule has 0 radical (unpaired) electrons. The lowest BCUT2D eigenvalue weighted by Gasteiger charge is -2.15. The van der Waals surface area contributed by atoms with Gasteiger partial charge < -0.3 is 14.2 Å². The quantitative estimate of drug-likeness (QED) is 0.374. The third-order valence-electron chi connectivity index (χ3n) is 3.55. The molecule has 2 aromatic carbocycles. The number of benzene rings is 2. The maximum absolute atomic E-state index is 12.2. The first-order valence-electron chi connectivity index (χ1n) is 8.10. The topological polar surface area (TPSA) is 57.1 Å². The molecule has 6 heteroatoms. The fourth-order valence-electron chi connectivity index (χ4n) is 2.44. The summed E-state index contributed by atoms with van der Waals surface area (Å²) in [5.41, 5.74) is 1.80. The second kappa shape index (κ2) is 7.90. The minimum absolute atomic E-state index is 0.0319. The fourth-order valence-corrected chi connectivity index (χ4v) is 3.20. The summed E-state index contributed by atoms with van der Waals surface area (Å²) in [5.74, 6) is 1.13. The zero-order chi connectivity index (χ0) is 18.7. The maximum Gasteiger partial charge on any atom is 0.363 e. The van der Waals surface area contributed by atoms with Gasteiger partial charge in [0.2, 0.25) is 5.90 Å². The molecule has 5 nitrogen and oxygen atoms in total. The molecule has 0 atom stereocenters. The molecule has 0 unspecified atom stereocenters. The Morgan fingerprint density at radius 3 is 2.58 bits per heavy atom. The summed E-state index contributed by atoms with van der Waals surface area (Å²) in [4.78, 5) is 16.5. The maximum atomic E-state index is 12.2. The Labute approximate surface area is 165 Å². The van der Waals surface area contributed by atoms with Crippen LogP contribution in [0, 0.1) is 3.57 Å². The molecule has 0 saturated heterocycles. The average molecular weight is 463 g/mol. The minimum Gasteiger partial charge on any atom is -0.493 e. The second-order valence-corrected chi connectivity index (χ2v) is 7.06. The van der Waals surface area contributed by atoms with Gasteiger partial charge in [0.05, 0.1) is 16.8 Å². The zero-order valence-corrected chi connectivity index (χ0v) is 16.8. The first kappa shape index (κ1) is 18.4. The molecular formula is C20H18INO4. The highest BCUT2D eigenvalue weighted by Crippen LogP contribution is 2.35. The first-order chi connectivity index (χ1) is 12.5. The molecule has 0 amide bonds. The van der Waals surface area contributed by atoms with E-state index in [0.717, 1.165) is 14.7 Å². The Morgan fingerprint density at radius 1 is 1.19 bits per heavy atom. The van der Waals surface area contributed by atoms with Gasteiger partial charge in [0.25, 0.3) is 0 Å². The Hall–Kier alpha value is -2.35. The summed E-state index contributed by atoms with van der Waals surface area (Å²) in [7, 11) is 1.59. The van der Waals surface area contributed by atoms with Crippen LogP contribution in [0.2, 0.25) is 0 Å². The molecule has 0 aliphatic carbocycles. The Bertz CT molecular complexity index is 888. The number of methoxy groups -OCH3 is 1. The molecular weight excluding hydrogens is 445 g/mol. The molecule has 0 N–H and O–H groups in total. The number of nitrogens with zero attached hydrogens (tertiary/aromatic N) is 1. The summed E-state index contributed by atoms with van der Waals surface area (Å²) in [5, 5.41) is 0. The number of aliphatic imine (C=N–C) groups is 1. The molecule has 0 saturated carbocycles. The van der Waals surface area contributed by atoms with Crippen LogP contribution in [0.5, 0.6) is 11.5 Å². The predicted octanol–water partition coefficient (Wildman–Crippen LogP) is 4.43. The van der Waals surface area contributed by atoms with Gasteiger partial charge >= 0.3 is 5.97 Å². The van der Waals surface area contributed by atoms with E-state index in [1.54, 1.807) is 13.2 Å². The van der Waals surface area contributed by atoms with Crippen molar-refractivity contribution in [3.05, 3.63) is 62.9 Å². The summed E-state index contributed by atoms with van der Waals surface area (Å²) in [6, 6.07) is 13.1. The van der Waals surface area contributed by atoms with Gasteiger partial charge in [-0.1, -0.05) is 18.2 Å². The van der Waals surface area contributed by atoms with Crippen molar-refractivity contribution in [2.24, 2.45) is 4.99 Å². The highest BCUT2D eigenvalue weighted by molar-refractivity contribution is 14.1. The highest BCUT2D eigenvalue weighted by Gasteiger charge is 2.24. The van der Waals surface area contributed by atoms with Crippen molar-refractivity contribution in [2.45, 2.75) is 20.0 Å². The normalized spacial score (nSPS) is 15.2. The van der Waals surface area contributed by atoms with Gasteiger partial charge in [-0.15, -0.1) is 0 Å². The number of halogens is 1. The molecule has 0 aromatic heterocycles. The number of hydrogen-bond acceptors (Lipinski definition) is 5. The van der Waals surface area contributed by atoms with E-state index in [1.807, 2.05) is 56.3 Å². The van der Waals surface area contributed by atoms with Crippen molar-refractivity contribution in [3.63, 3.8) is 0 Å². The van der Waals surface area contributed by atoms with Crippen LogP contribution in [-0.2, 0) is 9.53 Å². The molecule has 134 valence electrons. The number of ether oxygens (including phenoxy) is 3. The summed E-state index contributed by atoms with van der Waals surface area (Å²) >= 11 is 2.19. The molecule has 26 heavy (non-hydrogen) atoms. The summed E-state index contributed by atoms with van der Waals surface area (Å²) in [6.07, 6.45) is 1.71. The molecule has 0 bridgehead atoms. The number of carbonyl (C=O) groups excluding carboxylic acids is 1. The van der Waals surface area contributed by atoms with Crippen LogP contribution in [0.15, 0.2) is 53.2 Å². The standard InChI is InChI=1S/C20H18INO4/c1-12(2)25-18-15(21)9-13(11-17(18)24-3)10-16-20(23)26-19(22-16)14-7-5-4-6-8-14/h4-12H,1-3H3/b16-10-. The van der Waals surface area contributed by atoms with Gasteiger partial charge in [-0.05, 0) is 72.3 Å². The lowest BCUT2D eigenvalue weighted by molar-refractivity contribution is -0.129. The molecule has 1 aliphatic heterocycles. The van der Waals surface area contributed by atoms with Crippen LogP contribution < -0.4 is 9.47 Å². The summed E-state index contributed by atoms with van der Waals surface area (Å²) in [6.45, 7) is 3.92. The van der Waals surface area contributed by atoms with Crippen molar-refractivity contribution < 1.29 is 19.0 Å². The van der Waals surface area contributed by atoms with Gasteiger partial charge in [-0.3, -0.25) is 0 Å². The molecule has 3 rings (SSSR count). The largest absolute Gasteiger partial charge is 0.493 e. The van der Waals surface area contributed by atoms with E-state index >= 15 is 0 Å². The van der Waals surface area contributed by atoms with Gasteiger partial charge in [0.15, 0.2) is 17.2 Å². The lowest BCUT2D eigenvalue weighted by atomic mass is 10.1. The highest BCUT2D eigenvalue weighted by atomic mass is 127. The van der Waals surface area contributed by atoms with Crippen molar-refractivity contribution in [3.8, 4) is 11.5 Å². The van der Waals surface area contributed by atoms with E-state index in [2.05, 4.69) is 27.6 Å². The van der Waals surface area contributed by atoms with Crippen molar-refractivity contribution >= 4 is 40.5 Å². The Kier molecular flexibility index (Phi) is 5.61. The van der Waals surface area contributed by atoms with Crippen LogP contribution in [0.4, 0.5) is 0 Å². The van der Waals surface area contributed by atoms with E-state index in [9.17, 15) is 4.79 Å². The zero-order valence-electron chi connectivity index (χ0n) is 14.7. The molecule has 1 heterocycles. The smallest absolute Gasteiger partial charge is 0.363 e. The lowest BCUT2D eigenvalue weighted by Crippen LogP contribution is -2.08. The van der Waals surface area contributed by atoms with E-state index in [4.69, 9.17) is 14.2 Å². The van der Waals surface area contributed by atoms with Crippen molar-refractivity contribution in [1.29, 1.82) is 0 Å². The van der Waals surface area contributed by atoms with Crippen LogP contribution >= 0.6 is 22.6 Å². The first-order valence-corrected chi connectivity index (χ1v) is 9.18. The monoisotopic (exact) mass is 463 g/mol. The summed E-state index contributed by atoms with van der Waals surface area (Å²) < 4.78 is 17.4. The fraction of sp³-hybridized carbons (Fsp3) is 0.200. The van der Waals surface area contributed by atoms with Crippen LogP contribution in [0.1, 0.15) is 25.0 Å². The molecule has 0 spiro atoms. The second-order valence-electron chi connectivity index (χ2n) is 5.90. The number of hydrogen-bond donors (Lipinski definition) is 0. The van der Waals surface area contributed by atoms with E-state index < -0.39 is 5.97 Å². The Balaban J connectivity index is 1.95. The number of carbonyl (C=O) groups is 1. The van der Waals surface area contributed by atoms with Crippen molar-refractivity contribution in [1.82, 2.24) is 0 Å². The Morgan fingerprint density at radius 2 is 1.92 bits per heavy atom. The van der Waals surface area contributed by atoms with Gasteiger partial charge in [-0.2, -0.15) is 0 Å². The van der Waals surface area contributed by atoms with E-state index in [-0.39, 0.29) is 11.8 Å². The number of esters is 1. The molecule has 0 fully saturated rings. The number of cyclic esters (lactones) is 1.